The number of carbonyl (C=O) groups excluding carboxylic acids is 1. The summed E-state index contributed by atoms with van der Waals surface area (Å²) in [6.07, 6.45) is 6.95. The Labute approximate surface area is 94.3 Å². The van der Waals surface area contributed by atoms with Gasteiger partial charge in [-0.15, -0.1) is 0 Å². The fourth-order valence-electron chi connectivity index (χ4n) is 1.89. The van der Waals surface area contributed by atoms with Crippen molar-refractivity contribution >= 4 is 5.78 Å². The average molecular weight is 208 g/mol. The van der Waals surface area contributed by atoms with Crippen LogP contribution in [0.15, 0.2) is 23.3 Å². The van der Waals surface area contributed by atoms with Crippen LogP contribution in [0.2, 0.25) is 0 Å². The van der Waals surface area contributed by atoms with Gasteiger partial charge in [-0.2, -0.15) is 0 Å². The molecule has 0 aliphatic heterocycles. The quantitative estimate of drug-likeness (QED) is 0.428. The third kappa shape index (κ3) is 4.03. The van der Waals surface area contributed by atoms with Gasteiger partial charge in [-0.3, -0.25) is 4.79 Å². The third-order valence-electron chi connectivity index (χ3n) is 2.72. The van der Waals surface area contributed by atoms with E-state index in [0.717, 1.165) is 24.8 Å². The molecule has 1 heteroatoms. The van der Waals surface area contributed by atoms with Crippen LogP contribution in [-0.2, 0) is 4.79 Å². The average Bonchev–Trinajstić information content (AvgIpc) is 2.39. The predicted molar refractivity (Wildman–Crippen MR) is 66.9 cm³/mol. The minimum absolute atomic E-state index is 0.320. The van der Waals surface area contributed by atoms with E-state index in [2.05, 4.69) is 13.0 Å². The molecule has 0 spiro atoms. The van der Waals surface area contributed by atoms with Crippen molar-refractivity contribution in [3.05, 3.63) is 23.3 Å². The van der Waals surface area contributed by atoms with Crippen LogP contribution in [0.4, 0.5) is 0 Å². The molecule has 1 atom stereocenters. The standard InChI is InChI=1S/C12H18O.C2H6/c1-4-10-7-6-9(3)8-12(13)11(10)5-2;1-2/h4-5,9H,6-8H2,1-3H3;1-2H3/b10-4-,11-5+;. The van der Waals surface area contributed by atoms with Crippen LogP contribution in [-0.4, -0.2) is 5.78 Å². The molecule has 0 radical (unpaired) electrons. The van der Waals surface area contributed by atoms with Gasteiger partial charge in [0.2, 0.25) is 0 Å². The smallest absolute Gasteiger partial charge is 0.163 e. The molecule has 0 aromatic carbocycles. The summed E-state index contributed by atoms with van der Waals surface area (Å²) in [6, 6.07) is 0. The molecule has 0 aromatic rings. The second kappa shape index (κ2) is 7.44. The van der Waals surface area contributed by atoms with Crippen molar-refractivity contribution in [2.75, 3.05) is 0 Å². The van der Waals surface area contributed by atoms with Gasteiger partial charge < -0.3 is 0 Å². The first-order valence-corrected chi connectivity index (χ1v) is 6.04. The van der Waals surface area contributed by atoms with E-state index in [9.17, 15) is 4.79 Å². The molecule has 1 aliphatic carbocycles. The maximum Gasteiger partial charge on any atom is 0.163 e. The summed E-state index contributed by atoms with van der Waals surface area (Å²) in [5.74, 6) is 0.862. The minimum atomic E-state index is 0.320. The second-order valence-corrected chi connectivity index (χ2v) is 3.79. The molecule has 1 fully saturated rings. The van der Waals surface area contributed by atoms with E-state index in [0.29, 0.717) is 11.7 Å². The van der Waals surface area contributed by atoms with E-state index in [1.807, 2.05) is 33.8 Å². The van der Waals surface area contributed by atoms with Crippen LogP contribution < -0.4 is 0 Å². The van der Waals surface area contributed by atoms with E-state index in [4.69, 9.17) is 0 Å². The number of Topliss-reactive ketones (excluding diaryl/α,β-unsaturated/α-hetero) is 1. The van der Waals surface area contributed by atoms with Crippen LogP contribution in [0, 0.1) is 5.92 Å². The highest BCUT2D eigenvalue weighted by atomic mass is 16.1. The normalized spacial score (nSPS) is 27.3. The molecule has 1 aliphatic rings. The van der Waals surface area contributed by atoms with Crippen LogP contribution >= 0.6 is 0 Å². The van der Waals surface area contributed by atoms with Crippen LogP contribution in [0.25, 0.3) is 0 Å². The molecular weight excluding hydrogens is 184 g/mol. The van der Waals surface area contributed by atoms with Gasteiger partial charge in [0.05, 0.1) is 0 Å². The second-order valence-electron chi connectivity index (χ2n) is 3.79. The molecule has 1 rings (SSSR count). The topological polar surface area (TPSA) is 17.1 Å². The van der Waals surface area contributed by atoms with Gasteiger partial charge in [0.1, 0.15) is 0 Å². The maximum atomic E-state index is 11.7. The molecule has 0 amide bonds. The Balaban J connectivity index is 0.000000921. The van der Waals surface area contributed by atoms with E-state index in [-0.39, 0.29) is 0 Å². The maximum absolute atomic E-state index is 11.7. The van der Waals surface area contributed by atoms with Crippen molar-refractivity contribution in [2.45, 2.75) is 53.9 Å². The number of carbonyl (C=O) groups is 1. The zero-order valence-electron chi connectivity index (χ0n) is 10.8. The Morgan fingerprint density at radius 2 is 1.80 bits per heavy atom. The van der Waals surface area contributed by atoms with Crippen molar-refractivity contribution in [3.8, 4) is 0 Å². The van der Waals surface area contributed by atoms with Crippen molar-refractivity contribution in [2.24, 2.45) is 5.92 Å². The lowest BCUT2D eigenvalue weighted by molar-refractivity contribution is -0.115. The Kier molecular flexibility index (Phi) is 7.02. The summed E-state index contributed by atoms with van der Waals surface area (Å²) in [7, 11) is 0. The molecule has 0 bridgehead atoms. The Morgan fingerprint density at radius 1 is 1.20 bits per heavy atom. The van der Waals surface area contributed by atoms with Crippen LogP contribution in [0.3, 0.4) is 0 Å². The Hall–Kier alpha value is -0.850. The van der Waals surface area contributed by atoms with Gasteiger partial charge >= 0.3 is 0 Å². The highest BCUT2D eigenvalue weighted by Crippen LogP contribution is 2.28. The predicted octanol–water partition coefficient (Wildman–Crippen LogP) is 4.29. The van der Waals surface area contributed by atoms with Crippen molar-refractivity contribution in [3.63, 3.8) is 0 Å². The van der Waals surface area contributed by atoms with E-state index in [1.165, 1.54) is 5.57 Å². The molecule has 15 heavy (non-hydrogen) atoms. The number of hydrogen-bond donors (Lipinski definition) is 0. The minimum Gasteiger partial charge on any atom is -0.294 e. The Morgan fingerprint density at radius 3 is 2.27 bits per heavy atom. The van der Waals surface area contributed by atoms with Crippen molar-refractivity contribution in [1.29, 1.82) is 0 Å². The summed E-state index contributed by atoms with van der Waals surface area (Å²) in [6.45, 7) is 10.1. The van der Waals surface area contributed by atoms with E-state index < -0.39 is 0 Å². The third-order valence-corrected chi connectivity index (χ3v) is 2.72. The lowest BCUT2D eigenvalue weighted by Crippen LogP contribution is -2.04. The molecule has 0 heterocycles. The van der Waals surface area contributed by atoms with Crippen molar-refractivity contribution in [1.82, 2.24) is 0 Å². The number of hydrogen-bond acceptors (Lipinski definition) is 1. The van der Waals surface area contributed by atoms with Gasteiger partial charge in [0, 0.05) is 12.0 Å². The molecular formula is C14H24O. The largest absolute Gasteiger partial charge is 0.294 e. The first-order valence-electron chi connectivity index (χ1n) is 6.04. The summed E-state index contributed by atoms with van der Waals surface area (Å²) < 4.78 is 0. The van der Waals surface area contributed by atoms with Gasteiger partial charge in [-0.1, -0.05) is 32.9 Å². The molecule has 0 N–H and O–H groups in total. The molecule has 1 saturated carbocycles. The first kappa shape index (κ1) is 14.2. The van der Waals surface area contributed by atoms with Gasteiger partial charge in [0.15, 0.2) is 5.78 Å². The highest BCUT2D eigenvalue weighted by molar-refractivity contribution is 5.99. The highest BCUT2D eigenvalue weighted by Gasteiger charge is 2.20. The SMILES string of the molecule is C/C=C1/CCC(C)CC(=O)/C1=C/C.CC. The molecule has 0 aromatic heterocycles. The molecule has 0 saturated heterocycles. The summed E-state index contributed by atoms with van der Waals surface area (Å²) in [5, 5.41) is 0. The van der Waals surface area contributed by atoms with E-state index in [1.54, 1.807) is 0 Å². The van der Waals surface area contributed by atoms with Gasteiger partial charge in [0.25, 0.3) is 0 Å². The summed E-state index contributed by atoms with van der Waals surface area (Å²) in [4.78, 5) is 11.7. The lowest BCUT2D eigenvalue weighted by Gasteiger charge is -2.04. The zero-order chi connectivity index (χ0) is 11.8. The fourth-order valence-corrected chi connectivity index (χ4v) is 1.89. The number of ketones is 1. The fraction of sp³-hybridized carbons (Fsp3) is 0.643. The lowest BCUT2D eigenvalue weighted by atomic mass is 10.00. The van der Waals surface area contributed by atoms with Gasteiger partial charge in [-0.25, -0.2) is 0 Å². The Bertz CT molecular complexity index is 259. The van der Waals surface area contributed by atoms with Crippen LogP contribution in [0.1, 0.15) is 53.9 Å². The first-order chi connectivity index (χ1) is 7.19. The van der Waals surface area contributed by atoms with E-state index >= 15 is 0 Å². The molecule has 1 nitrogen and oxygen atoms in total. The zero-order valence-corrected chi connectivity index (χ0v) is 10.8. The number of allylic oxidation sites excluding steroid dienone is 4. The van der Waals surface area contributed by atoms with Gasteiger partial charge in [-0.05, 0) is 38.2 Å². The summed E-state index contributed by atoms with van der Waals surface area (Å²) in [5.41, 5.74) is 2.18. The molecule has 86 valence electrons. The molecule has 1 unspecified atom stereocenters. The summed E-state index contributed by atoms with van der Waals surface area (Å²) >= 11 is 0. The van der Waals surface area contributed by atoms with Crippen LogP contribution in [0.5, 0.6) is 0 Å². The van der Waals surface area contributed by atoms with Crippen molar-refractivity contribution < 1.29 is 4.79 Å². The monoisotopic (exact) mass is 208 g/mol. The number of rotatable bonds is 0.